The molecule has 3 rings (SSSR count). The molecule has 1 saturated heterocycles. The highest BCUT2D eigenvalue weighted by Gasteiger charge is 2.29. The number of carbonyl (C=O) groups is 2. The predicted octanol–water partition coefficient (Wildman–Crippen LogP) is 3.85. The zero-order valence-corrected chi connectivity index (χ0v) is 15.9. The van der Waals surface area contributed by atoms with Gasteiger partial charge in [0.1, 0.15) is 0 Å². The largest absolute Gasteiger partial charge is 0.493 e. The number of Topliss-reactive ketones (excluding diaryl/α,β-unsaturated/α-hetero) is 1. The van der Waals surface area contributed by atoms with Crippen molar-refractivity contribution in [1.82, 2.24) is 4.90 Å². The maximum Gasteiger partial charge on any atom is 0.260 e. The Morgan fingerprint density at radius 1 is 1.11 bits per heavy atom. The fourth-order valence-corrected chi connectivity index (χ4v) is 3.36. The van der Waals surface area contributed by atoms with Crippen LogP contribution in [0.15, 0.2) is 48.5 Å². The number of likely N-dealkylation sites (tertiary alicyclic amines) is 1. The molecule has 0 radical (unpaired) electrons. The number of carbonyl (C=O) groups excluding carboxylic acids is 2. The molecule has 0 aromatic heterocycles. The fourth-order valence-electron chi connectivity index (χ4n) is 3.24. The van der Waals surface area contributed by atoms with Gasteiger partial charge in [-0.1, -0.05) is 23.7 Å². The zero-order chi connectivity index (χ0) is 19.2. The van der Waals surface area contributed by atoms with Gasteiger partial charge in [-0.25, -0.2) is 0 Å². The van der Waals surface area contributed by atoms with E-state index < -0.39 is 0 Å². The van der Waals surface area contributed by atoms with E-state index in [0.29, 0.717) is 35.2 Å². The first-order chi connectivity index (χ1) is 13.1. The molecule has 1 heterocycles. The highest BCUT2D eigenvalue weighted by molar-refractivity contribution is 6.30. The molecule has 0 N–H and O–H groups in total. The summed E-state index contributed by atoms with van der Waals surface area (Å²) < 4.78 is 10.8. The number of halogens is 1. The molecule has 0 spiro atoms. The van der Waals surface area contributed by atoms with E-state index in [1.165, 1.54) is 0 Å². The van der Waals surface area contributed by atoms with Gasteiger partial charge in [-0.05, 0) is 49.2 Å². The van der Waals surface area contributed by atoms with Crippen LogP contribution in [0.4, 0.5) is 0 Å². The number of ketones is 1. The normalized spacial score (nSPS) is 16.7. The number of ether oxygens (including phenoxy) is 2. The van der Waals surface area contributed by atoms with Crippen LogP contribution in [0.2, 0.25) is 5.02 Å². The average molecular weight is 388 g/mol. The summed E-state index contributed by atoms with van der Waals surface area (Å²) in [4.78, 5) is 27.0. The number of nitrogens with zero attached hydrogens (tertiary/aromatic N) is 1. The molecular formula is C21H22ClNO4. The van der Waals surface area contributed by atoms with Crippen LogP contribution in [0.25, 0.3) is 0 Å². The highest BCUT2D eigenvalue weighted by Crippen LogP contribution is 2.26. The summed E-state index contributed by atoms with van der Waals surface area (Å²) in [6, 6.07) is 14.1. The van der Waals surface area contributed by atoms with Crippen LogP contribution in [0.1, 0.15) is 23.2 Å². The summed E-state index contributed by atoms with van der Waals surface area (Å²) >= 11 is 5.89. The number of hydrogen-bond acceptors (Lipinski definition) is 4. The first-order valence-corrected chi connectivity index (χ1v) is 9.29. The smallest absolute Gasteiger partial charge is 0.260 e. The summed E-state index contributed by atoms with van der Waals surface area (Å²) in [7, 11) is 1.56. The summed E-state index contributed by atoms with van der Waals surface area (Å²) in [5.41, 5.74) is 0.629. The minimum atomic E-state index is -0.199. The second-order valence-corrected chi connectivity index (χ2v) is 6.93. The lowest BCUT2D eigenvalue weighted by atomic mass is 9.90. The number of methoxy groups -OCH3 is 1. The van der Waals surface area contributed by atoms with Crippen molar-refractivity contribution >= 4 is 23.3 Å². The Labute approximate surface area is 163 Å². The third kappa shape index (κ3) is 4.80. The van der Waals surface area contributed by atoms with Crippen LogP contribution < -0.4 is 9.47 Å². The van der Waals surface area contributed by atoms with Crippen LogP contribution in [0, 0.1) is 5.92 Å². The van der Waals surface area contributed by atoms with Crippen molar-refractivity contribution in [3.8, 4) is 11.5 Å². The van der Waals surface area contributed by atoms with Crippen molar-refractivity contribution in [3.63, 3.8) is 0 Å². The van der Waals surface area contributed by atoms with E-state index in [1.807, 2.05) is 12.1 Å². The van der Waals surface area contributed by atoms with E-state index >= 15 is 0 Å². The molecule has 2 aromatic rings. The molecule has 0 bridgehead atoms. The summed E-state index contributed by atoms with van der Waals surface area (Å²) in [5, 5.41) is 0.598. The SMILES string of the molecule is COc1ccccc1OCC(=O)N1CCCC(C(=O)c2ccc(Cl)cc2)C1. The fraction of sp³-hybridized carbons (Fsp3) is 0.333. The van der Waals surface area contributed by atoms with E-state index in [1.54, 1.807) is 48.4 Å². The number of piperidine rings is 1. The molecular weight excluding hydrogens is 366 g/mol. The molecule has 0 saturated carbocycles. The van der Waals surface area contributed by atoms with Crippen molar-refractivity contribution < 1.29 is 19.1 Å². The molecule has 1 aliphatic rings. The van der Waals surface area contributed by atoms with Crippen molar-refractivity contribution in [3.05, 3.63) is 59.1 Å². The molecule has 27 heavy (non-hydrogen) atoms. The lowest BCUT2D eigenvalue weighted by Gasteiger charge is -2.32. The van der Waals surface area contributed by atoms with E-state index in [4.69, 9.17) is 21.1 Å². The van der Waals surface area contributed by atoms with Gasteiger partial charge in [0.25, 0.3) is 5.91 Å². The number of hydrogen-bond donors (Lipinski definition) is 0. The van der Waals surface area contributed by atoms with E-state index in [9.17, 15) is 9.59 Å². The van der Waals surface area contributed by atoms with Crippen LogP contribution >= 0.6 is 11.6 Å². The Morgan fingerprint density at radius 2 is 1.81 bits per heavy atom. The van der Waals surface area contributed by atoms with Crippen molar-refractivity contribution in [2.45, 2.75) is 12.8 Å². The molecule has 6 heteroatoms. The number of para-hydroxylation sites is 2. The predicted molar refractivity (Wildman–Crippen MR) is 104 cm³/mol. The quantitative estimate of drug-likeness (QED) is 0.706. The van der Waals surface area contributed by atoms with Crippen LogP contribution in [0.3, 0.4) is 0 Å². The Hall–Kier alpha value is -2.53. The van der Waals surface area contributed by atoms with Gasteiger partial charge in [-0.15, -0.1) is 0 Å². The van der Waals surface area contributed by atoms with Crippen LogP contribution in [0.5, 0.6) is 11.5 Å². The molecule has 2 aromatic carbocycles. The lowest BCUT2D eigenvalue weighted by molar-refractivity contribution is -0.134. The third-order valence-electron chi connectivity index (χ3n) is 4.69. The first kappa shape index (κ1) is 19.2. The van der Waals surface area contributed by atoms with Gasteiger partial charge < -0.3 is 14.4 Å². The van der Waals surface area contributed by atoms with E-state index in [2.05, 4.69) is 0 Å². The Morgan fingerprint density at radius 3 is 2.52 bits per heavy atom. The summed E-state index contributed by atoms with van der Waals surface area (Å²) in [5.74, 6) is 0.832. The molecule has 142 valence electrons. The maximum absolute atomic E-state index is 12.7. The second kappa shape index (κ2) is 8.91. The molecule has 1 amide bonds. The average Bonchev–Trinajstić information content (AvgIpc) is 2.72. The molecule has 1 unspecified atom stereocenters. The van der Waals surface area contributed by atoms with Gasteiger partial charge in [0.15, 0.2) is 23.9 Å². The lowest BCUT2D eigenvalue weighted by Crippen LogP contribution is -2.44. The van der Waals surface area contributed by atoms with Crippen LogP contribution in [-0.2, 0) is 4.79 Å². The zero-order valence-electron chi connectivity index (χ0n) is 15.2. The number of amides is 1. The van der Waals surface area contributed by atoms with E-state index in [0.717, 1.165) is 12.8 Å². The van der Waals surface area contributed by atoms with Crippen molar-refractivity contribution in [2.24, 2.45) is 5.92 Å². The summed E-state index contributed by atoms with van der Waals surface area (Å²) in [6.45, 7) is 0.969. The standard InChI is InChI=1S/C21H22ClNO4/c1-26-18-6-2-3-7-19(18)27-14-20(24)23-12-4-5-16(13-23)21(25)15-8-10-17(22)11-9-15/h2-3,6-11,16H,4-5,12-14H2,1H3. The topological polar surface area (TPSA) is 55.8 Å². The van der Waals surface area contributed by atoms with Gasteiger partial charge in [-0.2, -0.15) is 0 Å². The van der Waals surface area contributed by atoms with Crippen LogP contribution in [-0.4, -0.2) is 43.4 Å². The first-order valence-electron chi connectivity index (χ1n) is 8.92. The second-order valence-electron chi connectivity index (χ2n) is 6.49. The van der Waals surface area contributed by atoms with Gasteiger partial charge in [-0.3, -0.25) is 9.59 Å². The number of benzene rings is 2. The highest BCUT2D eigenvalue weighted by atomic mass is 35.5. The molecule has 5 nitrogen and oxygen atoms in total. The Balaban J connectivity index is 1.59. The monoisotopic (exact) mass is 387 g/mol. The Bertz CT molecular complexity index is 806. The van der Waals surface area contributed by atoms with Gasteiger partial charge in [0, 0.05) is 29.6 Å². The van der Waals surface area contributed by atoms with Crippen molar-refractivity contribution in [2.75, 3.05) is 26.8 Å². The Kier molecular flexibility index (Phi) is 6.35. The minimum Gasteiger partial charge on any atom is -0.493 e. The molecule has 0 aliphatic carbocycles. The van der Waals surface area contributed by atoms with Gasteiger partial charge in [0.05, 0.1) is 7.11 Å². The number of rotatable bonds is 6. The van der Waals surface area contributed by atoms with Gasteiger partial charge >= 0.3 is 0 Å². The van der Waals surface area contributed by atoms with Crippen molar-refractivity contribution in [1.29, 1.82) is 0 Å². The maximum atomic E-state index is 12.7. The molecule has 1 aliphatic heterocycles. The molecule has 1 fully saturated rings. The third-order valence-corrected chi connectivity index (χ3v) is 4.95. The van der Waals surface area contributed by atoms with E-state index in [-0.39, 0.29) is 24.2 Å². The molecule has 1 atom stereocenters. The summed E-state index contributed by atoms with van der Waals surface area (Å²) in [6.07, 6.45) is 1.57. The minimum absolute atomic E-state index is 0.0508. The van der Waals surface area contributed by atoms with Gasteiger partial charge in [0.2, 0.25) is 0 Å².